The topological polar surface area (TPSA) is 83.3 Å². The SMILES string of the molecule is O.O.O=C([B]c1ccccc1)C1CCN2CCCC12. The highest BCUT2D eigenvalue weighted by Gasteiger charge is 2.40. The van der Waals surface area contributed by atoms with Gasteiger partial charge in [-0.25, -0.2) is 0 Å². The van der Waals surface area contributed by atoms with Gasteiger partial charge in [0.25, 0.3) is 0 Å². The van der Waals surface area contributed by atoms with Gasteiger partial charge in [-0.2, -0.15) is 0 Å². The zero-order chi connectivity index (χ0) is 11.7. The van der Waals surface area contributed by atoms with Crippen LogP contribution >= 0.6 is 0 Å². The highest BCUT2D eigenvalue weighted by Crippen LogP contribution is 2.32. The number of carbonyl (C=O) groups is 1. The Morgan fingerprint density at radius 1 is 1.11 bits per heavy atom. The predicted molar refractivity (Wildman–Crippen MR) is 76.8 cm³/mol. The number of benzene rings is 1. The predicted octanol–water partition coefficient (Wildman–Crippen LogP) is -0.622. The van der Waals surface area contributed by atoms with E-state index in [9.17, 15) is 4.79 Å². The Hall–Kier alpha value is -1.17. The van der Waals surface area contributed by atoms with E-state index in [1.54, 1.807) is 0 Å². The molecule has 0 aliphatic carbocycles. The fraction of sp³-hybridized carbons (Fsp3) is 0.500. The Morgan fingerprint density at radius 3 is 2.58 bits per heavy atom. The number of fused-ring (bicyclic) bond motifs is 1. The first-order chi connectivity index (χ1) is 8.34. The van der Waals surface area contributed by atoms with E-state index in [-0.39, 0.29) is 16.9 Å². The minimum atomic E-state index is 0. The molecule has 1 aromatic carbocycles. The monoisotopic (exact) mass is 262 g/mol. The van der Waals surface area contributed by atoms with Crippen molar-refractivity contribution in [1.82, 2.24) is 4.90 Å². The molecule has 0 amide bonds. The summed E-state index contributed by atoms with van der Waals surface area (Å²) >= 11 is 0. The normalized spacial score (nSPS) is 25.1. The summed E-state index contributed by atoms with van der Waals surface area (Å²) in [4.78, 5) is 14.8. The maximum atomic E-state index is 12.3. The fourth-order valence-electron chi connectivity index (χ4n) is 3.23. The maximum absolute atomic E-state index is 12.3. The molecule has 103 valence electrons. The molecule has 2 heterocycles. The summed E-state index contributed by atoms with van der Waals surface area (Å²) in [6, 6.07) is 10.5. The third-order valence-corrected chi connectivity index (χ3v) is 4.08. The van der Waals surface area contributed by atoms with Crippen molar-refractivity contribution in [3.8, 4) is 0 Å². The van der Waals surface area contributed by atoms with Crippen LogP contribution in [0.4, 0.5) is 0 Å². The van der Waals surface area contributed by atoms with Crippen LogP contribution < -0.4 is 5.46 Å². The van der Waals surface area contributed by atoms with E-state index >= 15 is 0 Å². The van der Waals surface area contributed by atoms with Crippen molar-refractivity contribution in [2.45, 2.75) is 25.3 Å². The Labute approximate surface area is 114 Å². The summed E-state index contributed by atoms with van der Waals surface area (Å²) in [6.45, 7) is 2.31. The number of rotatable bonds is 3. The summed E-state index contributed by atoms with van der Waals surface area (Å²) in [5.74, 6) is 0.248. The largest absolute Gasteiger partial charge is 0.412 e. The molecule has 0 bridgehead atoms. The number of hydrogen-bond donors (Lipinski definition) is 0. The van der Waals surface area contributed by atoms with Gasteiger partial charge in [-0.1, -0.05) is 35.8 Å². The molecule has 4 N–H and O–H groups in total. The van der Waals surface area contributed by atoms with Crippen LogP contribution in [0.5, 0.6) is 0 Å². The smallest absolute Gasteiger partial charge is 0.241 e. The molecule has 0 saturated carbocycles. The Morgan fingerprint density at radius 2 is 1.84 bits per heavy atom. The van der Waals surface area contributed by atoms with E-state index in [0.717, 1.165) is 18.4 Å². The molecule has 4 nitrogen and oxygen atoms in total. The minimum Gasteiger partial charge on any atom is -0.412 e. The van der Waals surface area contributed by atoms with Crippen molar-refractivity contribution in [2.24, 2.45) is 5.92 Å². The summed E-state index contributed by atoms with van der Waals surface area (Å²) in [6.07, 6.45) is 3.52. The molecule has 0 aromatic heterocycles. The van der Waals surface area contributed by atoms with Crippen molar-refractivity contribution >= 4 is 18.4 Å². The fourth-order valence-corrected chi connectivity index (χ4v) is 3.23. The van der Waals surface area contributed by atoms with E-state index in [2.05, 4.69) is 4.90 Å². The van der Waals surface area contributed by atoms with E-state index in [0.29, 0.717) is 11.7 Å². The molecule has 2 atom stereocenters. The van der Waals surface area contributed by atoms with Crippen molar-refractivity contribution in [3.63, 3.8) is 0 Å². The number of hydrogen-bond acceptors (Lipinski definition) is 2. The molecule has 2 aliphatic rings. The summed E-state index contributed by atoms with van der Waals surface area (Å²) in [5.41, 5.74) is 1.36. The molecule has 2 saturated heterocycles. The molecule has 3 rings (SSSR count). The van der Waals surface area contributed by atoms with Crippen LogP contribution in [0.3, 0.4) is 0 Å². The van der Waals surface area contributed by atoms with Gasteiger partial charge in [0.2, 0.25) is 7.28 Å². The van der Waals surface area contributed by atoms with Gasteiger partial charge in [-0.05, 0) is 32.4 Å². The van der Waals surface area contributed by atoms with Gasteiger partial charge in [-0.3, -0.25) is 4.90 Å². The average Bonchev–Trinajstić information content (AvgIpc) is 2.91. The highest BCUT2D eigenvalue weighted by molar-refractivity contribution is 6.84. The molecule has 1 aromatic rings. The van der Waals surface area contributed by atoms with Gasteiger partial charge in [0.15, 0.2) is 0 Å². The van der Waals surface area contributed by atoms with Crippen LogP contribution in [-0.2, 0) is 4.79 Å². The van der Waals surface area contributed by atoms with Crippen LogP contribution in [-0.4, -0.2) is 47.9 Å². The van der Waals surface area contributed by atoms with Crippen molar-refractivity contribution in [3.05, 3.63) is 30.3 Å². The summed E-state index contributed by atoms with van der Waals surface area (Å²) in [5, 5.41) is 0. The summed E-state index contributed by atoms with van der Waals surface area (Å²) in [7, 11) is 1.83. The molecule has 2 fully saturated rings. The highest BCUT2D eigenvalue weighted by atomic mass is 16.1. The van der Waals surface area contributed by atoms with Crippen LogP contribution in [0.15, 0.2) is 30.3 Å². The molecule has 19 heavy (non-hydrogen) atoms. The van der Waals surface area contributed by atoms with E-state index < -0.39 is 0 Å². The van der Waals surface area contributed by atoms with Gasteiger partial charge < -0.3 is 15.7 Å². The molecule has 2 unspecified atom stereocenters. The van der Waals surface area contributed by atoms with E-state index in [1.807, 2.05) is 37.6 Å². The average molecular weight is 262 g/mol. The Kier molecular flexibility index (Phi) is 5.72. The van der Waals surface area contributed by atoms with Crippen LogP contribution in [0.1, 0.15) is 19.3 Å². The van der Waals surface area contributed by atoms with Crippen LogP contribution in [0, 0.1) is 5.92 Å². The first kappa shape index (κ1) is 15.9. The molecule has 1 radical (unpaired) electrons. The lowest BCUT2D eigenvalue weighted by atomic mass is 9.61. The van der Waals surface area contributed by atoms with Crippen molar-refractivity contribution in [1.29, 1.82) is 0 Å². The zero-order valence-electron chi connectivity index (χ0n) is 11.0. The van der Waals surface area contributed by atoms with Crippen LogP contribution in [0.25, 0.3) is 0 Å². The second kappa shape index (κ2) is 6.84. The van der Waals surface area contributed by atoms with Crippen molar-refractivity contribution in [2.75, 3.05) is 13.1 Å². The first-order valence-electron chi connectivity index (χ1n) is 6.52. The number of carbonyl (C=O) groups excluding carboxylic acids is 1. The lowest BCUT2D eigenvalue weighted by Crippen LogP contribution is -2.36. The lowest BCUT2D eigenvalue weighted by Gasteiger charge is -2.19. The zero-order valence-corrected chi connectivity index (χ0v) is 11.0. The summed E-state index contributed by atoms with van der Waals surface area (Å²) < 4.78 is 0. The molecule has 0 spiro atoms. The maximum Gasteiger partial charge on any atom is 0.241 e. The standard InChI is InChI=1S/C14H17BNO.2H2O/c17-14(15-11-5-2-1-3-6-11)12-8-10-16-9-4-7-13(12)16;;/h1-3,5-6,12-13H,4,7-10H2;2*1H2. The van der Waals surface area contributed by atoms with Crippen LogP contribution in [0.2, 0.25) is 0 Å². The molecular formula is C14H21BNO3. The lowest BCUT2D eigenvalue weighted by molar-refractivity contribution is -0.115. The molecule has 5 heteroatoms. The van der Waals surface area contributed by atoms with Gasteiger partial charge in [0.05, 0.1) is 5.68 Å². The first-order valence-corrected chi connectivity index (χ1v) is 6.52. The quantitative estimate of drug-likeness (QED) is 0.680. The minimum absolute atomic E-state index is 0. The molecular weight excluding hydrogens is 241 g/mol. The van der Waals surface area contributed by atoms with Gasteiger partial charge in [0.1, 0.15) is 0 Å². The third-order valence-electron chi connectivity index (χ3n) is 4.08. The van der Waals surface area contributed by atoms with Gasteiger partial charge in [0, 0.05) is 12.0 Å². The number of nitrogens with zero attached hydrogens (tertiary/aromatic N) is 1. The van der Waals surface area contributed by atoms with Gasteiger partial charge >= 0.3 is 0 Å². The molecule has 2 aliphatic heterocycles. The van der Waals surface area contributed by atoms with E-state index in [4.69, 9.17) is 0 Å². The second-order valence-electron chi connectivity index (χ2n) is 5.10. The Balaban J connectivity index is 0.000000902. The van der Waals surface area contributed by atoms with Gasteiger partial charge in [-0.15, -0.1) is 0 Å². The third kappa shape index (κ3) is 3.24. The van der Waals surface area contributed by atoms with Crippen molar-refractivity contribution < 1.29 is 15.7 Å². The van der Waals surface area contributed by atoms with E-state index in [1.165, 1.54) is 19.4 Å². The second-order valence-corrected chi connectivity index (χ2v) is 5.10. The Bertz CT molecular complexity index is 412.